The number of hydrogen-bond donors (Lipinski definition) is 4. The number of carbonyl (C=O) groups excluding carboxylic acids is 3. The van der Waals surface area contributed by atoms with Gasteiger partial charge in [-0.3, -0.25) is 19.6 Å². The summed E-state index contributed by atoms with van der Waals surface area (Å²) in [6.07, 6.45) is 2.18. The van der Waals surface area contributed by atoms with Gasteiger partial charge in [-0.1, -0.05) is 34.6 Å². The van der Waals surface area contributed by atoms with Crippen LogP contribution in [0.15, 0.2) is 0 Å². The van der Waals surface area contributed by atoms with Crippen molar-refractivity contribution in [3.63, 3.8) is 0 Å². The molecule has 0 fully saturated rings. The summed E-state index contributed by atoms with van der Waals surface area (Å²) in [5, 5.41) is 13.5. The van der Waals surface area contributed by atoms with Crippen molar-refractivity contribution >= 4 is 29.5 Å². The van der Waals surface area contributed by atoms with Gasteiger partial charge in [0.2, 0.25) is 11.8 Å². The van der Waals surface area contributed by atoms with Gasteiger partial charge in [-0.05, 0) is 24.0 Å². The van der Waals surface area contributed by atoms with Gasteiger partial charge >= 0.3 is 0 Å². The Hall–Kier alpha value is -1.28. The van der Waals surface area contributed by atoms with Crippen LogP contribution in [0.3, 0.4) is 0 Å². The molecule has 8 heteroatoms. The first kappa shape index (κ1) is 22.7. The molecule has 0 aromatic rings. The molecule has 0 aliphatic carbocycles. The van der Waals surface area contributed by atoms with Crippen molar-refractivity contribution < 1.29 is 19.6 Å². The molecule has 0 saturated heterocycles. The lowest BCUT2D eigenvalue weighted by Gasteiger charge is -2.33. The van der Waals surface area contributed by atoms with Crippen molar-refractivity contribution in [2.45, 2.75) is 52.3 Å². The van der Waals surface area contributed by atoms with Gasteiger partial charge in [0.15, 0.2) is 0 Å². The minimum atomic E-state index is -0.734. The maximum Gasteiger partial charge on any atom is 0.257 e. The largest absolute Gasteiger partial charge is 0.357 e. The van der Waals surface area contributed by atoms with Gasteiger partial charge in [-0.15, -0.1) is 0 Å². The Morgan fingerprint density at radius 3 is 1.96 bits per heavy atom. The molecular weight excluding hydrogens is 330 g/mol. The molecule has 0 saturated carbocycles. The van der Waals surface area contributed by atoms with Gasteiger partial charge < -0.3 is 10.6 Å². The monoisotopic (exact) mass is 361 g/mol. The van der Waals surface area contributed by atoms with Gasteiger partial charge in [0, 0.05) is 7.05 Å². The van der Waals surface area contributed by atoms with Gasteiger partial charge in [0.05, 0.1) is 11.2 Å². The van der Waals surface area contributed by atoms with Gasteiger partial charge in [0.1, 0.15) is 6.04 Å². The van der Waals surface area contributed by atoms with Crippen LogP contribution in [-0.4, -0.2) is 47.5 Å². The quantitative estimate of drug-likeness (QED) is 0.383. The predicted octanol–water partition coefficient (Wildman–Crippen LogP) is 1.16. The highest BCUT2D eigenvalue weighted by atomic mass is 32.2. The lowest BCUT2D eigenvalue weighted by Crippen LogP contribution is -2.56. The number of carbonyl (C=O) groups is 3. The minimum Gasteiger partial charge on any atom is -0.357 e. The van der Waals surface area contributed by atoms with Crippen LogP contribution < -0.4 is 16.1 Å². The Bertz CT molecular complexity index is 449. The number of hydroxylamine groups is 1. The molecule has 0 heterocycles. The van der Waals surface area contributed by atoms with Crippen LogP contribution in [0.25, 0.3) is 0 Å². The standard InChI is InChI=1S/C16H31N3O4S/c1-9(2)8-10(11(24-7)14(21)19-23)13(20)18-12(15(22)17-6)16(3,4)5/h9-12,23H,8H2,1-7H3,(H,17,22)(H,18,20)(H,19,21)/t10-,11-,12+/m0/s1. The number of hydrogen-bond acceptors (Lipinski definition) is 5. The zero-order valence-corrected chi connectivity index (χ0v) is 16.4. The van der Waals surface area contributed by atoms with Crippen molar-refractivity contribution in [1.82, 2.24) is 16.1 Å². The molecule has 4 N–H and O–H groups in total. The summed E-state index contributed by atoms with van der Waals surface area (Å²) >= 11 is 1.20. The summed E-state index contributed by atoms with van der Waals surface area (Å²) < 4.78 is 0. The summed E-state index contributed by atoms with van der Waals surface area (Å²) in [4.78, 5) is 36.8. The number of nitrogens with one attached hydrogen (secondary N) is 3. The van der Waals surface area contributed by atoms with Gasteiger partial charge in [0.25, 0.3) is 5.91 Å². The van der Waals surface area contributed by atoms with E-state index in [1.54, 1.807) is 11.7 Å². The Balaban J connectivity index is 5.50. The van der Waals surface area contributed by atoms with Crippen LogP contribution in [0.4, 0.5) is 0 Å². The molecule has 3 amide bonds. The van der Waals surface area contributed by atoms with Gasteiger partial charge in [-0.2, -0.15) is 11.8 Å². The molecule has 3 atom stereocenters. The molecule has 0 bridgehead atoms. The van der Waals surface area contributed by atoms with E-state index in [0.29, 0.717) is 6.42 Å². The van der Waals surface area contributed by atoms with Crippen LogP contribution in [0, 0.1) is 17.3 Å². The lowest BCUT2D eigenvalue weighted by molar-refractivity contribution is -0.137. The molecular formula is C16H31N3O4S. The zero-order chi connectivity index (χ0) is 19.1. The van der Waals surface area contributed by atoms with Crippen LogP contribution in [-0.2, 0) is 14.4 Å². The number of likely N-dealkylation sites (N-methyl/N-ethyl adjacent to an activating group) is 1. The van der Waals surface area contributed by atoms with E-state index in [-0.39, 0.29) is 17.7 Å². The van der Waals surface area contributed by atoms with E-state index >= 15 is 0 Å². The smallest absolute Gasteiger partial charge is 0.257 e. The van der Waals surface area contributed by atoms with E-state index in [9.17, 15) is 14.4 Å². The molecule has 0 radical (unpaired) electrons. The van der Waals surface area contributed by atoms with Crippen LogP contribution >= 0.6 is 11.8 Å². The summed E-state index contributed by atoms with van der Waals surface area (Å²) in [5.41, 5.74) is 1.14. The van der Waals surface area contributed by atoms with E-state index in [2.05, 4.69) is 10.6 Å². The second-order valence-corrected chi connectivity index (χ2v) is 8.27. The van der Waals surface area contributed by atoms with E-state index in [0.717, 1.165) is 0 Å². The maximum absolute atomic E-state index is 12.8. The summed E-state index contributed by atoms with van der Waals surface area (Å²) in [6.45, 7) is 9.48. The highest BCUT2D eigenvalue weighted by Gasteiger charge is 2.38. The molecule has 0 aliphatic heterocycles. The number of thioether (sulfide) groups is 1. The summed E-state index contributed by atoms with van der Waals surface area (Å²) in [6, 6.07) is -0.718. The average molecular weight is 362 g/mol. The highest BCUT2D eigenvalue weighted by Crippen LogP contribution is 2.26. The highest BCUT2D eigenvalue weighted by molar-refractivity contribution is 8.00. The molecule has 7 nitrogen and oxygen atoms in total. The third kappa shape index (κ3) is 6.68. The van der Waals surface area contributed by atoms with E-state index < -0.39 is 28.5 Å². The van der Waals surface area contributed by atoms with Crippen molar-refractivity contribution in [1.29, 1.82) is 0 Å². The first-order chi connectivity index (χ1) is 11.0. The first-order valence-electron chi connectivity index (χ1n) is 7.98. The topological polar surface area (TPSA) is 108 Å². The molecule has 140 valence electrons. The molecule has 0 spiro atoms. The fourth-order valence-corrected chi connectivity index (χ4v) is 3.29. The van der Waals surface area contributed by atoms with Crippen molar-refractivity contribution in [2.24, 2.45) is 17.3 Å². The van der Waals surface area contributed by atoms with Crippen molar-refractivity contribution in [3.8, 4) is 0 Å². The summed E-state index contributed by atoms with van der Waals surface area (Å²) in [5.74, 6) is -1.74. The Kier molecular flexibility index (Phi) is 9.35. The van der Waals surface area contributed by atoms with E-state index in [4.69, 9.17) is 5.21 Å². The first-order valence-corrected chi connectivity index (χ1v) is 9.27. The van der Waals surface area contributed by atoms with Crippen LogP contribution in [0.1, 0.15) is 41.0 Å². The fraction of sp³-hybridized carbons (Fsp3) is 0.812. The molecule has 0 aromatic heterocycles. The Morgan fingerprint density at radius 1 is 1.08 bits per heavy atom. The Morgan fingerprint density at radius 2 is 1.62 bits per heavy atom. The second kappa shape index (κ2) is 9.88. The third-order valence-corrected chi connectivity index (χ3v) is 4.76. The number of amides is 3. The van der Waals surface area contributed by atoms with Crippen molar-refractivity contribution in [2.75, 3.05) is 13.3 Å². The Labute approximate surface area is 148 Å². The lowest BCUT2D eigenvalue weighted by atomic mass is 9.85. The zero-order valence-electron chi connectivity index (χ0n) is 15.6. The second-order valence-electron chi connectivity index (χ2n) is 7.29. The molecule has 24 heavy (non-hydrogen) atoms. The SMILES string of the molecule is CNC(=O)[C@@H](NC(=O)[C@@H](CC(C)C)[C@H](SC)C(=O)NO)C(C)(C)C. The normalized spacial score (nSPS) is 15.4. The van der Waals surface area contributed by atoms with Crippen LogP contribution in [0.5, 0.6) is 0 Å². The van der Waals surface area contributed by atoms with Crippen molar-refractivity contribution in [3.05, 3.63) is 0 Å². The molecule has 0 unspecified atom stereocenters. The fourth-order valence-electron chi connectivity index (χ4n) is 2.46. The predicted molar refractivity (Wildman–Crippen MR) is 95.6 cm³/mol. The average Bonchev–Trinajstić information content (AvgIpc) is 2.49. The summed E-state index contributed by atoms with van der Waals surface area (Å²) in [7, 11) is 1.52. The van der Waals surface area contributed by atoms with Gasteiger partial charge in [-0.25, -0.2) is 5.48 Å². The third-order valence-electron chi connectivity index (χ3n) is 3.71. The van der Waals surface area contributed by atoms with E-state index in [1.807, 2.05) is 34.6 Å². The minimum absolute atomic E-state index is 0.176. The molecule has 0 aromatic carbocycles. The van der Waals surface area contributed by atoms with E-state index in [1.165, 1.54) is 18.8 Å². The van der Waals surface area contributed by atoms with Crippen LogP contribution in [0.2, 0.25) is 0 Å². The molecule has 0 rings (SSSR count). The maximum atomic E-state index is 12.8. The molecule has 0 aliphatic rings. The number of rotatable bonds is 8.